The number of benzene rings is 1. The van der Waals surface area contributed by atoms with Gasteiger partial charge in [-0.15, -0.1) is 6.58 Å². The van der Waals surface area contributed by atoms with Crippen molar-refractivity contribution in [3.8, 4) is 0 Å². The molecule has 0 aromatic heterocycles. The van der Waals surface area contributed by atoms with Crippen LogP contribution in [-0.4, -0.2) is 26.1 Å². The van der Waals surface area contributed by atoms with Gasteiger partial charge in [0.15, 0.2) is 5.96 Å². The van der Waals surface area contributed by atoms with Crippen LogP contribution < -0.4 is 10.6 Å². The predicted octanol–water partition coefficient (Wildman–Crippen LogP) is 2.37. The van der Waals surface area contributed by atoms with E-state index in [1.807, 2.05) is 0 Å². The number of guanidine groups is 1. The van der Waals surface area contributed by atoms with Gasteiger partial charge >= 0.3 is 0 Å². The van der Waals surface area contributed by atoms with E-state index in [0.29, 0.717) is 30.5 Å². The number of hydrogen-bond donors (Lipinski definition) is 2. The third-order valence-corrected chi connectivity index (χ3v) is 2.69. The van der Waals surface area contributed by atoms with E-state index in [-0.39, 0.29) is 5.82 Å². The summed E-state index contributed by atoms with van der Waals surface area (Å²) in [6, 6.07) is 4.42. The molecule has 98 valence electrons. The van der Waals surface area contributed by atoms with Crippen LogP contribution in [0.1, 0.15) is 5.56 Å². The van der Waals surface area contributed by atoms with Gasteiger partial charge in [0.1, 0.15) is 5.82 Å². The third-order valence-electron chi connectivity index (χ3n) is 2.34. The zero-order chi connectivity index (χ0) is 13.4. The molecule has 0 heterocycles. The molecule has 0 saturated carbocycles. The van der Waals surface area contributed by atoms with Crippen molar-refractivity contribution < 1.29 is 4.39 Å². The highest BCUT2D eigenvalue weighted by molar-refractivity contribution is 6.31. The van der Waals surface area contributed by atoms with E-state index in [2.05, 4.69) is 22.2 Å². The summed E-state index contributed by atoms with van der Waals surface area (Å²) in [4.78, 5) is 4.05. The molecule has 18 heavy (non-hydrogen) atoms. The Morgan fingerprint density at radius 3 is 2.89 bits per heavy atom. The van der Waals surface area contributed by atoms with Crippen LogP contribution in [0.15, 0.2) is 35.8 Å². The van der Waals surface area contributed by atoms with Crippen molar-refractivity contribution in [3.05, 3.63) is 47.3 Å². The van der Waals surface area contributed by atoms with Crippen molar-refractivity contribution in [3.63, 3.8) is 0 Å². The average molecular weight is 270 g/mol. The number of rotatable bonds is 5. The summed E-state index contributed by atoms with van der Waals surface area (Å²) in [5.41, 5.74) is 0.907. The Kier molecular flexibility index (Phi) is 6.22. The number of nitrogens with one attached hydrogen (secondary N) is 2. The molecule has 2 N–H and O–H groups in total. The lowest BCUT2D eigenvalue weighted by Gasteiger charge is -2.10. The molecule has 0 aliphatic carbocycles. The summed E-state index contributed by atoms with van der Waals surface area (Å²) in [5.74, 6) is 0.383. The molecular weight excluding hydrogens is 253 g/mol. The Labute approximate surface area is 112 Å². The summed E-state index contributed by atoms with van der Waals surface area (Å²) >= 11 is 5.94. The Bertz CT molecular complexity index is 432. The Hall–Kier alpha value is -1.55. The van der Waals surface area contributed by atoms with Crippen molar-refractivity contribution in [2.45, 2.75) is 6.42 Å². The molecule has 0 radical (unpaired) electrons. The second-order valence-corrected chi connectivity index (χ2v) is 4.06. The lowest BCUT2D eigenvalue weighted by molar-refractivity contribution is 0.627. The van der Waals surface area contributed by atoms with E-state index in [4.69, 9.17) is 11.6 Å². The van der Waals surface area contributed by atoms with Crippen LogP contribution in [0, 0.1) is 5.82 Å². The SMILES string of the molecule is C=CCNC(=NC)NCCc1ccc(F)cc1Cl. The van der Waals surface area contributed by atoms with E-state index in [9.17, 15) is 4.39 Å². The van der Waals surface area contributed by atoms with E-state index in [1.165, 1.54) is 12.1 Å². The van der Waals surface area contributed by atoms with E-state index >= 15 is 0 Å². The topological polar surface area (TPSA) is 36.4 Å². The van der Waals surface area contributed by atoms with Crippen LogP contribution in [-0.2, 0) is 6.42 Å². The van der Waals surface area contributed by atoms with Crippen molar-refractivity contribution in [2.24, 2.45) is 4.99 Å². The second-order valence-electron chi connectivity index (χ2n) is 3.65. The van der Waals surface area contributed by atoms with Crippen molar-refractivity contribution in [1.29, 1.82) is 0 Å². The molecule has 5 heteroatoms. The highest BCUT2D eigenvalue weighted by Gasteiger charge is 2.02. The zero-order valence-electron chi connectivity index (χ0n) is 10.3. The molecule has 0 aliphatic rings. The summed E-state index contributed by atoms with van der Waals surface area (Å²) < 4.78 is 12.9. The summed E-state index contributed by atoms with van der Waals surface area (Å²) in [6.45, 7) is 4.94. The van der Waals surface area contributed by atoms with Crippen LogP contribution in [0.25, 0.3) is 0 Å². The molecule has 0 unspecified atom stereocenters. The van der Waals surface area contributed by atoms with Gasteiger partial charge in [-0.1, -0.05) is 23.7 Å². The fraction of sp³-hybridized carbons (Fsp3) is 0.308. The molecular formula is C13H17ClFN3. The Morgan fingerprint density at radius 2 is 2.28 bits per heavy atom. The number of aliphatic imine (C=N–C) groups is 1. The minimum Gasteiger partial charge on any atom is -0.356 e. The van der Waals surface area contributed by atoms with Crippen LogP contribution in [0.3, 0.4) is 0 Å². The normalized spacial score (nSPS) is 11.2. The van der Waals surface area contributed by atoms with Crippen molar-refractivity contribution in [2.75, 3.05) is 20.1 Å². The zero-order valence-corrected chi connectivity index (χ0v) is 11.1. The molecule has 0 bridgehead atoms. The van der Waals surface area contributed by atoms with E-state index in [1.54, 1.807) is 19.2 Å². The van der Waals surface area contributed by atoms with Crippen LogP contribution in [0.5, 0.6) is 0 Å². The fourth-order valence-corrected chi connectivity index (χ4v) is 1.69. The number of halogens is 2. The standard InChI is InChI=1S/C13H17ClFN3/c1-3-7-17-13(16-2)18-8-6-10-4-5-11(15)9-12(10)14/h3-5,9H,1,6-8H2,2H3,(H2,16,17,18). The van der Waals surface area contributed by atoms with E-state index in [0.717, 1.165) is 5.56 Å². The first-order valence-electron chi connectivity index (χ1n) is 5.66. The van der Waals surface area contributed by atoms with Gasteiger partial charge in [0, 0.05) is 25.2 Å². The number of nitrogens with zero attached hydrogens (tertiary/aromatic N) is 1. The largest absolute Gasteiger partial charge is 0.356 e. The van der Waals surface area contributed by atoms with Gasteiger partial charge in [-0.3, -0.25) is 4.99 Å². The molecule has 0 aliphatic heterocycles. The van der Waals surface area contributed by atoms with Crippen molar-refractivity contribution in [1.82, 2.24) is 10.6 Å². The monoisotopic (exact) mass is 269 g/mol. The van der Waals surface area contributed by atoms with Gasteiger partial charge < -0.3 is 10.6 Å². The highest BCUT2D eigenvalue weighted by Crippen LogP contribution is 2.17. The van der Waals surface area contributed by atoms with Gasteiger partial charge in [-0.05, 0) is 24.1 Å². The third kappa shape index (κ3) is 4.75. The van der Waals surface area contributed by atoms with Crippen LogP contribution in [0.2, 0.25) is 5.02 Å². The van der Waals surface area contributed by atoms with Gasteiger partial charge in [-0.25, -0.2) is 4.39 Å². The molecule has 0 atom stereocenters. The summed E-state index contributed by atoms with van der Waals surface area (Å²) in [7, 11) is 1.70. The smallest absolute Gasteiger partial charge is 0.191 e. The predicted molar refractivity (Wildman–Crippen MR) is 74.7 cm³/mol. The van der Waals surface area contributed by atoms with Crippen LogP contribution in [0.4, 0.5) is 4.39 Å². The highest BCUT2D eigenvalue weighted by atomic mass is 35.5. The molecule has 3 nitrogen and oxygen atoms in total. The number of hydrogen-bond acceptors (Lipinski definition) is 1. The maximum absolute atomic E-state index is 12.9. The maximum Gasteiger partial charge on any atom is 0.191 e. The fourth-order valence-electron chi connectivity index (χ4n) is 1.43. The minimum absolute atomic E-state index is 0.319. The van der Waals surface area contributed by atoms with Gasteiger partial charge in [0.25, 0.3) is 0 Å². The molecule has 0 amide bonds. The Morgan fingerprint density at radius 1 is 1.50 bits per heavy atom. The Balaban J connectivity index is 2.43. The van der Waals surface area contributed by atoms with Gasteiger partial charge in [0.2, 0.25) is 0 Å². The first-order valence-corrected chi connectivity index (χ1v) is 6.04. The first kappa shape index (κ1) is 14.5. The van der Waals surface area contributed by atoms with E-state index < -0.39 is 0 Å². The molecule has 1 aromatic carbocycles. The molecule has 1 rings (SSSR count). The maximum atomic E-state index is 12.9. The summed E-state index contributed by atoms with van der Waals surface area (Å²) in [6.07, 6.45) is 2.46. The molecule has 0 spiro atoms. The molecule has 0 saturated heterocycles. The lowest BCUT2D eigenvalue weighted by atomic mass is 10.1. The first-order chi connectivity index (χ1) is 8.67. The van der Waals surface area contributed by atoms with Crippen LogP contribution >= 0.6 is 11.6 Å². The average Bonchev–Trinajstić information content (AvgIpc) is 2.36. The van der Waals surface area contributed by atoms with Crippen molar-refractivity contribution >= 4 is 17.6 Å². The molecule has 1 aromatic rings. The quantitative estimate of drug-likeness (QED) is 0.489. The summed E-state index contributed by atoms with van der Waals surface area (Å²) in [5, 5.41) is 6.64. The van der Waals surface area contributed by atoms with Gasteiger partial charge in [-0.2, -0.15) is 0 Å². The minimum atomic E-state index is -0.319. The lowest BCUT2D eigenvalue weighted by Crippen LogP contribution is -2.38. The molecule has 0 fully saturated rings. The second kappa shape index (κ2) is 7.71. The van der Waals surface area contributed by atoms with Gasteiger partial charge in [0.05, 0.1) is 0 Å².